The van der Waals surface area contributed by atoms with E-state index in [4.69, 9.17) is 27.9 Å². The second kappa shape index (κ2) is 7.62. The molecule has 1 aliphatic carbocycles. The Labute approximate surface area is 170 Å². The monoisotopic (exact) mass is 421 g/mol. The van der Waals surface area contributed by atoms with E-state index in [-0.39, 0.29) is 12.5 Å². The van der Waals surface area contributed by atoms with Crippen LogP contribution >= 0.6 is 34.5 Å². The van der Waals surface area contributed by atoms with Crippen LogP contribution in [0.25, 0.3) is 10.2 Å². The van der Waals surface area contributed by atoms with Crippen molar-refractivity contribution in [3.8, 4) is 5.88 Å². The van der Waals surface area contributed by atoms with E-state index in [0.717, 1.165) is 29.5 Å². The van der Waals surface area contributed by atoms with Crippen LogP contribution in [0.3, 0.4) is 0 Å². The number of hydrogen-bond donors (Lipinski definition) is 1. The van der Waals surface area contributed by atoms with Crippen LogP contribution in [0.1, 0.15) is 23.8 Å². The molecule has 0 spiro atoms. The number of carbonyl (C=O) groups excluding carboxylic acids is 1. The molecule has 1 atom stereocenters. The van der Waals surface area contributed by atoms with Crippen molar-refractivity contribution in [1.82, 2.24) is 9.97 Å². The van der Waals surface area contributed by atoms with E-state index in [2.05, 4.69) is 22.2 Å². The number of halogens is 2. The molecular weight excluding hydrogens is 405 g/mol. The molecule has 1 unspecified atom stereocenters. The van der Waals surface area contributed by atoms with Crippen LogP contribution in [0.2, 0.25) is 10.0 Å². The third kappa shape index (κ3) is 3.74. The lowest BCUT2D eigenvalue weighted by Gasteiger charge is -2.18. The molecule has 27 heavy (non-hydrogen) atoms. The van der Waals surface area contributed by atoms with Crippen molar-refractivity contribution in [3.05, 3.63) is 45.0 Å². The van der Waals surface area contributed by atoms with Gasteiger partial charge in [-0.1, -0.05) is 36.2 Å². The predicted octanol–water partition coefficient (Wildman–Crippen LogP) is 5.14. The molecule has 8 heteroatoms. The van der Waals surface area contributed by atoms with Gasteiger partial charge in [-0.2, -0.15) is 0 Å². The molecule has 1 N–H and O–H groups in total. The number of benzene rings is 1. The van der Waals surface area contributed by atoms with Crippen molar-refractivity contribution in [2.45, 2.75) is 26.2 Å². The van der Waals surface area contributed by atoms with Crippen LogP contribution in [-0.2, 0) is 17.6 Å². The molecule has 0 aliphatic heterocycles. The summed E-state index contributed by atoms with van der Waals surface area (Å²) in [5.74, 6) is 0.774. The number of rotatable bonds is 4. The number of carbonyl (C=O) groups is 1. The van der Waals surface area contributed by atoms with Crippen molar-refractivity contribution in [3.63, 3.8) is 0 Å². The van der Waals surface area contributed by atoms with Crippen molar-refractivity contribution in [2.24, 2.45) is 5.92 Å². The van der Waals surface area contributed by atoms with Gasteiger partial charge in [-0.3, -0.25) is 4.79 Å². The van der Waals surface area contributed by atoms with Crippen molar-refractivity contribution in [1.29, 1.82) is 0 Å². The number of aromatic nitrogens is 2. The maximum absolute atomic E-state index is 12.3. The molecule has 1 aliphatic rings. The molecule has 2 heterocycles. The van der Waals surface area contributed by atoms with Crippen LogP contribution in [0.5, 0.6) is 5.88 Å². The molecule has 0 saturated heterocycles. The quantitative estimate of drug-likeness (QED) is 0.633. The Kier molecular flexibility index (Phi) is 5.21. The van der Waals surface area contributed by atoms with E-state index in [1.165, 1.54) is 16.8 Å². The van der Waals surface area contributed by atoms with Crippen LogP contribution < -0.4 is 10.1 Å². The normalized spacial score (nSPS) is 16.2. The largest absolute Gasteiger partial charge is 0.467 e. The molecule has 0 radical (unpaired) electrons. The topological polar surface area (TPSA) is 64.1 Å². The first kappa shape index (κ1) is 18.5. The van der Waals surface area contributed by atoms with E-state index >= 15 is 0 Å². The van der Waals surface area contributed by atoms with E-state index in [1.54, 1.807) is 29.5 Å². The van der Waals surface area contributed by atoms with E-state index in [0.29, 0.717) is 27.5 Å². The Morgan fingerprint density at radius 2 is 2.11 bits per heavy atom. The molecule has 2 aromatic heterocycles. The Hall–Kier alpha value is -1.89. The SMILES string of the molecule is CC1CCc2c(sc3ncnc(OCC(=O)Nc4c(Cl)cccc4Cl)c23)C1. The average Bonchev–Trinajstić information content (AvgIpc) is 3.01. The smallest absolute Gasteiger partial charge is 0.262 e. The lowest BCUT2D eigenvalue weighted by Crippen LogP contribution is -2.21. The number of thiophene rings is 1. The molecule has 4 rings (SSSR count). The van der Waals surface area contributed by atoms with Crippen LogP contribution in [0.4, 0.5) is 5.69 Å². The summed E-state index contributed by atoms with van der Waals surface area (Å²) in [4.78, 5) is 23.2. The van der Waals surface area contributed by atoms with Crippen LogP contribution in [0, 0.1) is 5.92 Å². The van der Waals surface area contributed by atoms with Gasteiger partial charge in [-0.05, 0) is 42.9 Å². The molecule has 5 nitrogen and oxygen atoms in total. The zero-order chi connectivity index (χ0) is 19.0. The third-order valence-electron chi connectivity index (χ3n) is 4.62. The Morgan fingerprint density at radius 3 is 2.89 bits per heavy atom. The predicted molar refractivity (Wildman–Crippen MR) is 109 cm³/mol. The number of hydrogen-bond acceptors (Lipinski definition) is 5. The number of aryl methyl sites for hydroxylation is 1. The lowest BCUT2D eigenvalue weighted by atomic mass is 9.89. The fraction of sp³-hybridized carbons (Fsp3) is 0.316. The van der Waals surface area contributed by atoms with Crippen molar-refractivity contribution >= 4 is 56.3 Å². The van der Waals surface area contributed by atoms with E-state index in [9.17, 15) is 4.79 Å². The van der Waals surface area contributed by atoms with E-state index in [1.807, 2.05) is 0 Å². The van der Waals surface area contributed by atoms with Crippen LogP contribution in [0.15, 0.2) is 24.5 Å². The average molecular weight is 422 g/mol. The molecule has 0 saturated carbocycles. The van der Waals surface area contributed by atoms with Crippen molar-refractivity contribution in [2.75, 3.05) is 11.9 Å². The molecule has 0 bridgehead atoms. The zero-order valence-electron chi connectivity index (χ0n) is 14.6. The highest BCUT2D eigenvalue weighted by Gasteiger charge is 2.24. The van der Waals surface area contributed by atoms with Gasteiger partial charge >= 0.3 is 0 Å². The fourth-order valence-corrected chi connectivity index (χ4v) is 5.12. The molecular formula is C19H17Cl2N3O2S. The minimum atomic E-state index is -0.352. The van der Waals surface area contributed by atoms with Crippen LogP contribution in [-0.4, -0.2) is 22.5 Å². The number of ether oxygens (including phenoxy) is 1. The number of anilines is 1. The number of fused-ring (bicyclic) bond motifs is 3. The van der Waals surface area contributed by atoms with Gasteiger partial charge in [0.25, 0.3) is 5.91 Å². The van der Waals surface area contributed by atoms with Gasteiger partial charge in [-0.15, -0.1) is 11.3 Å². The lowest BCUT2D eigenvalue weighted by molar-refractivity contribution is -0.118. The summed E-state index contributed by atoms with van der Waals surface area (Å²) in [6.07, 6.45) is 4.66. The first-order valence-electron chi connectivity index (χ1n) is 8.65. The second-order valence-corrected chi connectivity index (χ2v) is 8.54. The maximum atomic E-state index is 12.3. The zero-order valence-corrected chi connectivity index (χ0v) is 16.9. The van der Waals surface area contributed by atoms with Crippen molar-refractivity contribution < 1.29 is 9.53 Å². The van der Waals surface area contributed by atoms with Gasteiger partial charge in [0.2, 0.25) is 5.88 Å². The minimum absolute atomic E-state index is 0.186. The molecule has 1 amide bonds. The summed E-state index contributed by atoms with van der Waals surface area (Å²) >= 11 is 13.9. The summed E-state index contributed by atoms with van der Waals surface area (Å²) in [7, 11) is 0. The highest BCUT2D eigenvalue weighted by Crippen LogP contribution is 2.40. The highest BCUT2D eigenvalue weighted by atomic mass is 35.5. The summed E-state index contributed by atoms with van der Waals surface area (Å²) < 4.78 is 5.74. The number of para-hydroxylation sites is 1. The summed E-state index contributed by atoms with van der Waals surface area (Å²) in [5.41, 5.74) is 1.64. The summed E-state index contributed by atoms with van der Waals surface area (Å²) in [5, 5.41) is 4.38. The van der Waals surface area contributed by atoms with Gasteiger partial charge in [0.1, 0.15) is 11.2 Å². The van der Waals surface area contributed by atoms with Gasteiger partial charge in [0.05, 0.1) is 21.1 Å². The Bertz CT molecular complexity index is 1000. The second-order valence-electron chi connectivity index (χ2n) is 6.64. The fourth-order valence-electron chi connectivity index (χ4n) is 3.28. The van der Waals surface area contributed by atoms with Gasteiger partial charge < -0.3 is 10.1 Å². The first-order chi connectivity index (χ1) is 13.0. The third-order valence-corrected chi connectivity index (χ3v) is 6.42. The van der Waals surface area contributed by atoms with Gasteiger partial charge in [0.15, 0.2) is 6.61 Å². The first-order valence-corrected chi connectivity index (χ1v) is 10.2. The maximum Gasteiger partial charge on any atom is 0.262 e. The molecule has 3 aromatic rings. The van der Waals surface area contributed by atoms with Gasteiger partial charge in [-0.25, -0.2) is 9.97 Å². The number of nitrogens with one attached hydrogen (secondary N) is 1. The Balaban J connectivity index is 1.53. The minimum Gasteiger partial charge on any atom is -0.467 e. The van der Waals surface area contributed by atoms with E-state index < -0.39 is 0 Å². The summed E-state index contributed by atoms with van der Waals surface area (Å²) in [6, 6.07) is 5.04. The molecule has 1 aromatic carbocycles. The molecule has 140 valence electrons. The Morgan fingerprint density at radius 1 is 1.33 bits per heavy atom. The number of amides is 1. The molecule has 0 fully saturated rings. The standard InChI is InChI=1S/C19H17Cl2N3O2S/c1-10-5-6-11-14(7-10)27-19-16(11)18(22-9-23-19)26-8-15(25)24-17-12(20)3-2-4-13(17)21/h2-4,9-10H,5-8H2,1H3,(H,24,25). The highest BCUT2D eigenvalue weighted by molar-refractivity contribution is 7.18. The van der Waals surface area contributed by atoms with Gasteiger partial charge in [0, 0.05) is 4.88 Å². The number of nitrogens with zero attached hydrogens (tertiary/aromatic N) is 2. The summed E-state index contributed by atoms with van der Waals surface area (Å²) in [6.45, 7) is 2.08.